The molecule has 1 aromatic heterocycles. The molecular formula is C52H72BrN7O10. The molecule has 4 rings (SSSR count). The van der Waals surface area contributed by atoms with Crippen molar-refractivity contribution in [1.29, 1.82) is 0 Å². The molecule has 18 heteroatoms. The van der Waals surface area contributed by atoms with Crippen LogP contribution in [-0.2, 0) is 48.0 Å². The van der Waals surface area contributed by atoms with Crippen LogP contribution in [0.25, 0.3) is 10.9 Å². The summed E-state index contributed by atoms with van der Waals surface area (Å²) in [6.45, 7) is 16.9. The molecule has 0 unspecified atom stereocenters. The van der Waals surface area contributed by atoms with Gasteiger partial charge in [-0.05, 0) is 145 Å². The van der Waals surface area contributed by atoms with Crippen molar-refractivity contribution in [2.45, 2.75) is 149 Å². The maximum absolute atomic E-state index is 14.5. The van der Waals surface area contributed by atoms with Gasteiger partial charge in [-0.15, -0.1) is 0 Å². The van der Waals surface area contributed by atoms with Crippen molar-refractivity contribution in [2.24, 2.45) is 0 Å². The largest absolute Gasteiger partial charge is 0.489 e. The lowest BCUT2D eigenvalue weighted by atomic mass is 10.0. The van der Waals surface area contributed by atoms with Gasteiger partial charge < -0.3 is 55.8 Å². The highest BCUT2D eigenvalue weighted by Crippen LogP contribution is 2.26. The summed E-state index contributed by atoms with van der Waals surface area (Å²) in [7, 11) is 0. The van der Waals surface area contributed by atoms with Crippen molar-refractivity contribution < 1.29 is 47.7 Å². The van der Waals surface area contributed by atoms with Crippen LogP contribution in [0.3, 0.4) is 0 Å². The molecule has 6 amide bonds. The van der Waals surface area contributed by atoms with Crippen LogP contribution in [0.5, 0.6) is 5.75 Å². The zero-order valence-electron chi connectivity index (χ0n) is 42.0. The van der Waals surface area contributed by atoms with E-state index in [0.29, 0.717) is 50.1 Å². The van der Waals surface area contributed by atoms with Crippen LogP contribution in [0.2, 0.25) is 0 Å². The van der Waals surface area contributed by atoms with Gasteiger partial charge in [-0.2, -0.15) is 0 Å². The van der Waals surface area contributed by atoms with E-state index >= 15 is 0 Å². The predicted molar refractivity (Wildman–Crippen MR) is 272 cm³/mol. The summed E-state index contributed by atoms with van der Waals surface area (Å²) in [6.07, 6.45) is 1.96. The van der Waals surface area contributed by atoms with E-state index < -0.39 is 70.9 Å². The summed E-state index contributed by atoms with van der Waals surface area (Å²) in [6, 6.07) is 19.1. The third-order valence-electron chi connectivity index (χ3n) is 10.2. The third kappa shape index (κ3) is 21.1. The number of aromatic amines is 1. The highest BCUT2D eigenvalue weighted by atomic mass is 79.9. The molecule has 0 radical (unpaired) electrons. The number of aromatic nitrogens is 1. The van der Waals surface area contributed by atoms with E-state index in [2.05, 4.69) is 52.8 Å². The number of hydrogen-bond acceptors (Lipinski definition) is 10. The number of carbonyl (C=O) groups excluding carboxylic acids is 6. The van der Waals surface area contributed by atoms with E-state index in [4.69, 9.17) is 18.9 Å². The van der Waals surface area contributed by atoms with Crippen molar-refractivity contribution in [3.05, 3.63) is 100 Å². The Balaban J connectivity index is 1.55. The van der Waals surface area contributed by atoms with E-state index in [1.807, 2.05) is 48.5 Å². The van der Waals surface area contributed by atoms with Crippen LogP contribution in [0, 0.1) is 0 Å². The first-order chi connectivity index (χ1) is 32.9. The van der Waals surface area contributed by atoms with Crippen LogP contribution in [0.4, 0.5) is 14.4 Å². The Morgan fingerprint density at radius 2 is 1.07 bits per heavy atom. The van der Waals surface area contributed by atoms with Gasteiger partial charge in [0.2, 0.25) is 17.7 Å². The van der Waals surface area contributed by atoms with Gasteiger partial charge in [0.25, 0.3) is 0 Å². The van der Waals surface area contributed by atoms with Crippen LogP contribution in [0.15, 0.2) is 83.5 Å². The molecule has 70 heavy (non-hydrogen) atoms. The molecule has 0 aliphatic carbocycles. The topological polar surface area (TPSA) is 227 Å². The maximum Gasteiger partial charge on any atom is 0.408 e. The van der Waals surface area contributed by atoms with Gasteiger partial charge in [-0.3, -0.25) is 14.4 Å². The fraction of sp³-hybridized carbons (Fsp3) is 0.500. The van der Waals surface area contributed by atoms with Crippen molar-refractivity contribution in [2.75, 3.05) is 19.6 Å². The number of rotatable bonds is 23. The molecule has 7 N–H and O–H groups in total. The van der Waals surface area contributed by atoms with Crippen molar-refractivity contribution >= 4 is 62.8 Å². The molecule has 0 saturated carbocycles. The van der Waals surface area contributed by atoms with Gasteiger partial charge in [0.1, 0.15) is 47.3 Å². The molecule has 0 aliphatic heterocycles. The van der Waals surface area contributed by atoms with Gasteiger partial charge in [-0.25, -0.2) is 14.4 Å². The van der Waals surface area contributed by atoms with E-state index in [0.717, 1.165) is 26.5 Å². The maximum atomic E-state index is 14.5. The first-order valence-corrected chi connectivity index (χ1v) is 24.6. The molecule has 0 aliphatic rings. The lowest BCUT2D eigenvalue weighted by Gasteiger charge is -2.27. The Hall–Kier alpha value is -6.30. The number of H-pyrrole nitrogens is 1. The number of hydrogen-bond donors (Lipinski definition) is 7. The number of nitrogens with one attached hydrogen (secondary N) is 7. The van der Waals surface area contributed by atoms with Gasteiger partial charge in [-0.1, -0.05) is 54.6 Å². The first kappa shape index (κ1) is 56.3. The molecule has 0 spiro atoms. The number of alkyl carbamates (subject to hydrolysis) is 3. The van der Waals surface area contributed by atoms with Crippen LogP contribution >= 0.6 is 15.9 Å². The summed E-state index contributed by atoms with van der Waals surface area (Å²) in [5.41, 5.74) is 1.09. The standard InChI is InChI=1S/C52H72BrN7O10/c1-50(2,3)68-47(64)55-28-14-13-22-40(58-46(63)41(60-49(66)70-52(7,8)9)30-34-23-25-37(26-24-34)67-33-35-18-11-10-12-19-35)45(62)59-42(31-36-32-57-43-38(36)20-17-21-39(43)53)44(61)54-27-15-16-29-56-48(65)69-51(4,5)6/h10-12,17-21,23-26,32,40-42,57H,13-16,22,27-31,33H2,1-9H3,(H,54,61)(H,55,64)(H,56,65)(H,58,63)(H,59,62)(H,60,66)/t40-,41-,42-/m0/s1. The molecular weight excluding hydrogens is 963 g/mol. The van der Waals surface area contributed by atoms with E-state index in [-0.39, 0.29) is 32.4 Å². The molecule has 0 fully saturated rings. The molecule has 3 atom stereocenters. The zero-order valence-corrected chi connectivity index (χ0v) is 43.6. The lowest BCUT2D eigenvalue weighted by molar-refractivity contribution is -0.132. The fourth-order valence-electron chi connectivity index (χ4n) is 7.01. The summed E-state index contributed by atoms with van der Waals surface area (Å²) in [5, 5.41) is 17.7. The predicted octanol–water partition coefficient (Wildman–Crippen LogP) is 8.27. The number of ether oxygens (including phenoxy) is 4. The van der Waals surface area contributed by atoms with Gasteiger partial charge in [0.05, 0.1) is 5.52 Å². The van der Waals surface area contributed by atoms with Gasteiger partial charge >= 0.3 is 18.3 Å². The number of benzene rings is 3. The zero-order chi connectivity index (χ0) is 51.5. The SMILES string of the molecule is CC(C)(C)OC(=O)NCCCCNC(=O)[C@H](Cc1c[nH]c2c(Br)cccc12)NC(=O)[C@H](CCCCNC(=O)OC(C)(C)C)NC(=O)[C@H](Cc1ccc(OCc2ccccc2)cc1)NC(=O)OC(C)(C)C. The molecule has 1 heterocycles. The van der Waals surface area contributed by atoms with Crippen molar-refractivity contribution in [3.63, 3.8) is 0 Å². The molecule has 382 valence electrons. The minimum Gasteiger partial charge on any atom is -0.489 e. The number of carbonyl (C=O) groups is 6. The Labute approximate surface area is 420 Å². The average Bonchev–Trinajstić information content (AvgIpc) is 3.68. The molecule has 0 saturated heterocycles. The second-order valence-electron chi connectivity index (χ2n) is 20.0. The second-order valence-corrected chi connectivity index (χ2v) is 20.8. The highest BCUT2D eigenvalue weighted by molar-refractivity contribution is 9.10. The first-order valence-electron chi connectivity index (χ1n) is 23.8. The van der Waals surface area contributed by atoms with E-state index in [9.17, 15) is 28.8 Å². The Kier molecular flexibility index (Phi) is 21.4. The number of unbranched alkanes of at least 4 members (excludes halogenated alkanes) is 2. The minimum atomic E-state index is -1.19. The summed E-state index contributed by atoms with van der Waals surface area (Å²) < 4.78 is 23.0. The fourth-order valence-corrected chi connectivity index (χ4v) is 7.49. The molecule has 17 nitrogen and oxygen atoms in total. The third-order valence-corrected chi connectivity index (χ3v) is 10.9. The van der Waals surface area contributed by atoms with E-state index in [1.165, 1.54) is 0 Å². The lowest BCUT2D eigenvalue weighted by Crippen LogP contribution is -2.57. The number of halogens is 1. The molecule has 3 aromatic carbocycles. The number of fused-ring (bicyclic) bond motifs is 1. The van der Waals surface area contributed by atoms with E-state index in [1.54, 1.807) is 92.8 Å². The monoisotopic (exact) mass is 1030 g/mol. The number of amides is 6. The summed E-state index contributed by atoms with van der Waals surface area (Å²) in [5.74, 6) is -1.14. The Morgan fingerprint density at radius 1 is 0.543 bits per heavy atom. The highest BCUT2D eigenvalue weighted by Gasteiger charge is 2.31. The van der Waals surface area contributed by atoms with Gasteiger partial charge in [0, 0.05) is 48.5 Å². The van der Waals surface area contributed by atoms with Crippen molar-refractivity contribution in [1.82, 2.24) is 36.9 Å². The van der Waals surface area contributed by atoms with Crippen molar-refractivity contribution in [3.8, 4) is 5.75 Å². The second kappa shape index (κ2) is 26.6. The minimum absolute atomic E-state index is 0.0344. The van der Waals surface area contributed by atoms with Crippen LogP contribution in [-0.4, -0.2) is 95.5 Å². The quantitative estimate of drug-likeness (QED) is 0.0278. The normalized spacial score (nSPS) is 12.9. The molecule has 4 aromatic rings. The number of para-hydroxylation sites is 1. The van der Waals surface area contributed by atoms with Crippen LogP contribution < -0.4 is 36.6 Å². The Morgan fingerprint density at radius 3 is 1.67 bits per heavy atom. The molecule has 0 bridgehead atoms. The summed E-state index contributed by atoms with van der Waals surface area (Å²) >= 11 is 3.58. The van der Waals surface area contributed by atoms with Crippen LogP contribution in [0.1, 0.15) is 111 Å². The smallest absolute Gasteiger partial charge is 0.408 e. The average molecular weight is 1040 g/mol. The van der Waals surface area contributed by atoms with Gasteiger partial charge in [0.15, 0.2) is 0 Å². The summed E-state index contributed by atoms with van der Waals surface area (Å²) in [4.78, 5) is 84.0. The Bertz CT molecular complexity index is 2340.